The van der Waals surface area contributed by atoms with Crippen LogP contribution in [0.4, 0.5) is 0 Å². The van der Waals surface area contributed by atoms with Crippen molar-refractivity contribution < 1.29 is 0 Å². The number of halogens is 2. The number of benzene rings is 1. The van der Waals surface area contributed by atoms with Crippen LogP contribution in [0.2, 0.25) is 10.0 Å². The van der Waals surface area contributed by atoms with Gasteiger partial charge in [-0.05, 0) is 35.3 Å². The van der Waals surface area contributed by atoms with E-state index in [1.165, 1.54) is 0 Å². The first kappa shape index (κ1) is 10.6. The molecular weight excluding hydrogens is 203 g/mol. The van der Waals surface area contributed by atoms with Crippen LogP contribution in [0.3, 0.4) is 0 Å². The van der Waals surface area contributed by atoms with E-state index in [0.29, 0.717) is 16.0 Å². The van der Waals surface area contributed by atoms with Crippen molar-refractivity contribution in [3.63, 3.8) is 0 Å². The molecule has 0 amide bonds. The predicted molar refractivity (Wildman–Crippen MR) is 60.3 cm³/mol. The Labute approximate surface area is 89.2 Å². The minimum atomic E-state index is 0.412. The highest BCUT2D eigenvalue weighted by molar-refractivity contribution is 6.34. The Hall–Kier alpha value is -0.460. The van der Waals surface area contributed by atoms with E-state index in [1.807, 2.05) is 12.1 Å². The second-order valence-corrected chi connectivity index (χ2v) is 4.21. The zero-order valence-electron chi connectivity index (χ0n) is 7.77. The first-order valence-electron chi connectivity index (χ1n) is 4.16. The number of hydrogen-bond donors (Lipinski definition) is 0. The van der Waals surface area contributed by atoms with Gasteiger partial charge in [0.05, 0.1) is 0 Å². The minimum Gasteiger partial charge on any atom is -0.0950 e. The first-order chi connectivity index (χ1) is 6.00. The summed E-state index contributed by atoms with van der Waals surface area (Å²) in [6.45, 7) is 8.18. The standard InChI is InChI=1S/C11H12Cl2/c1-7(2)8(3)9-4-10(12)6-11(13)5-9/h4-7H,3H2,1-2H3. The van der Waals surface area contributed by atoms with Crippen molar-refractivity contribution in [1.82, 2.24) is 0 Å². The van der Waals surface area contributed by atoms with E-state index < -0.39 is 0 Å². The van der Waals surface area contributed by atoms with Crippen molar-refractivity contribution in [1.29, 1.82) is 0 Å². The molecule has 0 atom stereocenters. The van der Waals surface area contributed by atoms with Crippen molar-refractivity contribution >= 4 is 28.8 Å². The fraction of sp³-hybridized carbons (Fsp3) is 0.273. The molecule has 0 saturated carbocycles. The van der Waals surface area contributed by atoms with Gasteiger partial charge in [0.15, 0.2) is 0 Å². The van der Waals surface area contributed by atoms with Gasteiger partial charge in [-0.3, -0.25) is 0 Å². The molecule has 2 heteroatoms. The van der Waals surface area contributed by atoms with E-state index in [-0.39, 0.29) is 0 Å². The maximum atomic E-state index is 5.87. The lowest BCUT2D eigenvalue weighted by Crippen LogP contribution is -1.91. The first-order valence-corrected chi connectivity index (χ1v) is 4.91. The van der Waals surface area contributed by atoms with Crippen LogP contribution in [-0.2, 0) is 0 Å². The molecule has 0 aromatic heterocycles. The van der Waals surface area contributed by atoms with Gasteiger partial charge in [0.25, 0.3) is 0 Å². The van der Waals surface area contributed by atoms with Gasteiger partial charge in [-0.25, -0.2) is 0 Å². The Morgan fingerprint density at radius 3 is 2.00 bits per heavy atom. The molecule has 1 rings (SSSR count). The summed E-state index contributed by atoms with van der Waals surface area (Å²) in [7, 11) is 0. The fourth-order valence-corrected chi connectivity index (χ4v) is 1.60. The lowest BCUT2D eigenvalue weighted by molar-refractivity contribution is 0.858. The minimum absolute atomic E-state index is 0.412. The molecule has 0 aliphatic rings. The van der Waals surface area contributed by atoms with Gasteiger partial charge in [0, 0.05) is 10.0 Å². The van der Waals surface area contributed by atoms with E-state index in [4.69, 9.17) is 23.2 Å². The predicted octanol–water partition coefficient (Wildman–Crippen LogP) is 4.66. The average Bonchev–Trinajstić information content (AvgIpc) is 2.01. The molecule has 0 fully saturated rings. The second-order valence-electron chi connectivity index (χ2n) is 3.34. The highest BCUT2D eigenvalue weighted by atomic mass is 35.5. The van der Waals surface area contributed by atoms with Crippen LogP contribution in [0.15, 0.2) is 24.8 Å². The van der Waals surface area contributed by atoms with Crippen molar-refractivity contribution in [2.75, 3.05) is 0 Å². The largest absolute Gasteiger partial charge is 0.0950 e. The van der Waals surface area contributed by atoms with Crippen LogP contribution >= 0.6 is 23.2 Å². The summed E-state index contributed by atoms with van der Waals surface area (Å²) in [6.07, 6.45) is 0. The van der Waals surface area contributed by atoms with Gasteiger partial charge in [0.2, 0.25) is 0 Å². The molecular formula is C11H12Cl2. The zero-order chi connectivity index (χ0) is 10.0. The Bertz CT molecular complexity index is 307. The monoisotopic (exact) mass is 214 g/mol. The molecule has 0 heterocycles. The van der Waals surface area contributed by atoms with Crippen molar-refractivity contribution in [2.24, 2.45) is 5.92 Å². The average molecular weight is 215 g/mol. The topological polar surface area (TPSA) is 0 Å². The SMILES string of the molecule is C=C(c1cc(Cl)cc(Cl)c1)C(C)C. The van der Waals surface area contributed by atoms with Crippen LogP contribution < -0.4 is 0 Å². The molecule has 0 bridgehead atoms. The van der Waals surface area contributed by atoms with E-state index in [9.17, 15) is 0 Å². The molecule has 0 nitrogen and oxygen atoms in total. The van der Waals surface area contributed by atoms with Crippen molar-refractivity contribution in [2.45, 2.75) is 13.8 Å². The fourth-order valence-electron chi connectivity index (χ4n) is 1.07. The zero-order valence-corrected chi connectivity index (χ0v) is 9.28. The molecule has 1 aromatic carbocycles. The summed E-state index contributed by atoms with van der Waals surface area (Å²) >= 11 is 11.7. The van der Waals surface area contributed by atoms with Gasteiger partial charge >= 0.3 is 0 Å². The lowest BCUT2D eigenvalue weighted by atomic mass is 9.97. The summed E-state index contributed by atoms with van der Waals surface area (Å²) in [5.74, 6) is 0.412. The Morgan fingerprint density at radius 1 is 1.15 bits per heavy atom. The Morgan fingerprint density at radius 2 is 1.62 bits per heavy atom. The molecule has 0 aliphatic carbocycles. The van der Waals surface area contributed by atoms with Crippen molar-refractivity contribution in [3.05, 3.63) is 40.4 Å². The molecule has 1 aromatic rings. The Balaban J connectivity index is 3.08. The molecule has 13 heavy (non-hydrogen) atoms. The van der Waals surface area contributed by atoms with Crippen LogP contribution in [-0.4, -0.2) is 0 Å². The highest BCUT2D eigenvalue weighted by Crippen LogP contribution is 2.27. The van der Waals surface area contributed by atoms with Gasteiger partial charge in [-0.2, -0.15) is 0 Å². The third-order valence-electron chi connectivity index (χ3n) is 1.93. The van der Waals surface area contributed by atoms with Crippen LogP contribution in [0.5, 0.6) is 0 Å². The maximum absolute atomic E-state index is 5.87. The summed E-state index contributed by atoms with van der Waals surface area (Å²) in [5, 5.41) is 1.31. The number of rotatable bonds is 2. The second kappa shape index (κ2) is 4.17. The quantitative estimate of drug-likeness (QED) is 0.672. The van der Waals surface area contributed by atoms with E-state index >= 15 is 0 Å². The van der Waals surface area contributed by atoms with E-state index in [0.717, 1.165) is 11.1 Å². The van der Waals surface area contributed by atoms with E-state index in [1.54, 1.807) is 6.07 Å². The summed E-state index contributed by atoms with van der Waals surface area (Å²) in [6, 6.07) is 5.49. The molecule has 0 radical (unpaired) electrons. The van der Waals surface area contributed by atoms with Crippen LogP contribution in [0, 0.1) is 5.92 Å². The maximum Gasteiger partial charge on any atom is 0.0426 e. The summed E-state index contributed by atoms with van der Waals surface area (Å²) < 4.78 is 0. The highest BCUT2D eigenvalue weighted by Gasteiger charge is 2.05. The van der Waals surface area contributed by atoms with Gasteiger partial charge in [-0.1, -0.05) is 43.6 Å². The van der Waals surface area contributed by atoms with Gasteiger partial charge in [-0.15, -0.1) is 0 Å². The lowest BCUT2D eigenvalue weighted by Gasteiger charge is -2.10. The van der Waals surface area contributed by atoms with Gasteiger partial charge in [0.1, 0.15) is 0 Å². The van der Waals surface area contributed by atoms with Crippen LogP contribution in [0.25, 0.3) is 5.57 Å². The molecule has 0 N–H and O–H groups in total. The molecule has 0 spiro atoms. The van der Waals surface area contributed by atoms with Gasteiger partial charge < -0.3 is 0 Å². The third kappa shape index (κ3) is 2.75. The van der Waals surface area contributed by atoms with Crippen molar-refractivity contribution in [3.8, 4) is 0 Å². The van der Waals surface area contributed by atoms with E-state index in [2.05, 4.69) is 20.4 Å². The van der Waals surface area contributed by atoms with Crippen LogP contribution in [0.1, 0.15) is 19.4 Å². The summed E-state index contributed by atoms with van der Waals surface area (Å²) in [4.78, 5) is 0. The summed E-state index contributed by atoms with van der Waals surface area (Å²) in [5.41, 5.74) is 2.08. The Kier molecular flexibility index (Phi) is 3.40. The molecule has 0 aliphatic heterocycles. The molecule has 0 saturated heterocycles. The number of allylic oxidation sites excluding steroid dienone is 1. The molecule has 0 unspecified atom stereocenters. The molecule has 70 valence electrons. The normalized spacial score (nSPS) is 10.5. The third-order valence-corrected chi connectivity index (χ3v) is 2.37. The smallest absolute Gasteiger partial charge is 0.0426 e. The number of hydrogen-bond acceptors (Lipinski definition) is 0.